The molecule has 1 aromatic heterocycles. The number of furan rings is 1. The lowest BCUT2D eigenvalue weighted by Crippen LogP contribution is -2.43. The van der Waals surface area contributed by atoms with Crippen molar-refractivity contribution in [2.24, 2.45) is 5.92 Å². The minimum atomic E-state index is -3.58. The number of benzene rings is 1. The Morgan fingerprint density at radius 2 is 1.86 bits per heavy atom. The normalized spacial score (nSPS) is 17.1. The zero-order valence-electron chi connectivity index (χ0n) is 17.1. The van der Waals surface area contributed by atoms with Gasteiger partial charge in [-0.05, 0) is 70.0 Å². The fourth-order valence-corrected chi connectivity index (χ4v) is 4.94. The van der Waals surface area contributed by atoms with Gasteiger partial charge in [0.05, 0.1) is 17.5 Å². The van der Waals surface area contributed by atoms with E-state index in [4.69, 9.17) is 9.15 Å². The maximum atomic E-state index is 12.9. The van der Waals surface area contributed by atoms with Gasteiger partial charge in [-0.2, -0.15) is 4.31 Å². The van der Waals surface area contributed by atoms with Crippen LogP contribution in [-0.4, -0.2) is 38.3 Å². The molecule has 1 amide bonds. The third-order valence-electron chi connectivity index (χ3n) is 5.14. The van der Waals surface area contributed by atoms with Crippen LogP contribution in [0.2, 0.25) is 0 Å². The van der Waals surface area contributed by atoms with Gasteiger partial charge in [-0.15, -0.1) is 0 Å². The third kappa shape index (κ3) is 5.00. The predicted octanol–water partition coefficient (Wildman–Crippen LogP) is 3.26. The number of amides is 1. The van der Waals surface area contributed by atoms with Gasteiger partial charge in [0.15, 0.2) is 0 Å². The number of rotatable bonds is 7. The molecule has 2 aromatic rings. The molecule has 0 aliphatic carbocycles. The Labute approximate surface area is 172 Å². The van der Waals surface area contributed by atoms with Crippen LogP contribution in [-0.2, 0) is 14.8 Å². The van der Waals surface area contributed by atoms with Gasteiger partial charge in [-0.3, -0.25) is 4.79 Å². The number of ether oxygens (including phenoxy) is 1. The van der Waals surface area contributed by atoms with Gasteiger partial charge >= 0.3 is 0 Å². The van der Waals surface area contributed by atoms with E-state index in [1.165, 1.54) is 4.31 Å². The van der Waals surface area contributed by atoms with Crippen LogP contribution in [0.3, 0.4) is 0 Å². The Bertz CT molecular complexity index is 928. The molecule has 1 fully saturated rings. The molecule has 3 rings (SSSR count). The molecule has 158 valence electrons. The van der Waals surface area contributed by atoms with E-state index in [1.807, 2.05) is 32.9 Å². The highest BCUT2D eigenvalue weighted by molar-refractivity contribution is 7.89. The summed E-state index contributed by atoms with van der Waals surface area (Å²) < 4.78 is 38.1. The molecule has 1 aliphatic rings. The molecule has 0 radical (unpaired) electrons. The average molecular weight is 421 g/mol. The Balaban J connectivity index is 1.57. The third-order valence-corrected chi connectivity index (χ3v) is 7.06. The molecular formula is C21H28N2O5S. The van der Waals surface area contributed by atoms with Crippen molar-refractivity contribution in [2.45, 2.75) is 44.6 Å². The van der Waals surface area contributed by atoms with Gasteiger partial charge in [0.25, 0.3) is 0 Å². The van der Waals surface area contributed by atoms with Crippen molar-refractivity contribution in [3.8, 4) is 5.75 Å². The summed E-state index contributed by atoms with van der Waals surface area (Å²) >= 11 is 0. The van der Waals surface area contributed by atoms with Crippen LogP contribution < -0.4 is 10.1 Å². The molecule has 1 N–H and O–H groups in total. The lowest BCUT2D eigenvalue weighted by molar-refractivity contribution is -0.126. The molecule has 29 heavy (non-hydrogen) atoms. The van der Waals surface area contributed by atoms with Crippen LogP contribution in [0.5, 0.6) is 5.75 Å². The summed E-state index contributed by atoms with van der Waals surface area (Å²) in [5, 5.41) is 2.97. The molecule has 1 aromatic carbocycles. The lowest BCUT2D eigenvalue weighted by Gasteiger charge is -2.31. The number of nitrogens with one attached hydrogen (secondary N) is 1. The van der Waals surface area contributed by atoms with Crippen molar-refractivity contribution < 1.29 is 22.4 Å². The molecular weight excluding hydrogens is 392 g/mol. The largest absolute Gasteiger partial charge is 0.494 e. The summed E-state index contributed by atoms with van der Waals surface area (Å²) in [4.78, 5) is 12.8. The molecule has 1 saturated heterocycles. The fourth-order valence-electron chi connectivity index (χ4n) is 3.47. The number of piperidine rings is 1. The SMILES string of the molecule is CCOc1ccc(S(=O)(=O)N2CCC(C(=O)NC(C)c3ccc(C)o3)CC2)cc1. The molecule has 0 saturated carbocycles. The fraction of sp³-hybridized carbons (Fsp3) is 0.476. The maximum Gasteiger partial charge on any atom is 0.243 e. The van der Waals surface area contributed by atoms with Crippen LogP contribution in [0.4, 0.5) is 0 Å². The van der Waals surface area contributed by atoms with Crippen LogP contribution in [0.15, 0.2) is 45.7 Å². The van der Waals surface area contributed by atoms with Crippen LogP contribution in [0.25, 0.3) is 0 Å². The second kappa shape index (κ2) is 9.00. The molecule has 1 unspecified atom stereocenters. The Kier molecular flexibility index (Phi) is 6.64. The van der Waals surface area contributed by atoms with Gasteiger partial charge < -0.3 is 14.5 Å². The highest BCUT2D eigenvalue weighted by Crippen LogP contribution is 2.26. The zero-order chi connectivity index (χ0) is 21.0. The van der Waals surface area contributed by atoms with Crippen molar-refractivity contribution in [3.05, 3.63) is 47.9 Å². The van der Waals surface area contributed by atoms with Gasteiger partial charge in [-0.25, -0.2) is 8.42 Å². The number of carbonyl (C=O) groups is 1. The van der Waals surface area contributed by atoms with E-state index in [-0.39, 0.29) is 22.8 Å². The zero-order valence-corrected chi connectivity index (χ0v) is 17.9. The first-order valence-corrected chi connectivity index (χ1v) is 11.3. The number of hydrogen-bond acceptors (Lipinski definition) is 5. The molecule has 0 spiro atoms. The Morgan fingerprint density at radius 1 is 1.21 bits per heavy atom. The van der Waals surface area contributed by atoms with Gasteiger partial charge in [0.2, 0.25) is 15.9 Å². The number of hydrogen-bond donors (Lipinski definition) is 1. The van der Waals surface area contributed by atoms with E-state index in [9.17, 15) is 13.2 Å². The molecule has 8 heteroatoms. The summed E-state index contributed by atoms with van der Waals surface area (Å²) in [7, 11) is -3.58. The minimum absolute atomic E-state index is 0.0651. The van der Waals surface area contributed by atoms with Gasteiger partial charge in [0.1, 0.15) is 17.3 Å². The Hall–Kier alpha value is -2.32. The predicted molar refractivity (Wildman–Crippen MR) is 109 cm³/mol. The highest BCUT2D eigenvalue weighted by atomic mass is 32.2. The van der Waals surface area contributed by atoms with E-state index in [2.05, 4.69) is 5.32 Å². The number of carbonyl (C=O) groups excluding carboxylic acids is 1. The van der Waals surface area contributed by atoms with E-state index in [0.29, 0.717) is 44.0 Å². The summed E-state index contributed by atoms with van der Waals surface area (Å²) in [6.45, 7) is 6.78. The number of aryl methyl sites for hydroxylation is 1. The van der Waals surface area contributed by atoms with E-state index in [0.717, 1.165) is 5.76 Å². The second-order valence-corrected chi connectivity index (χ2v) is 9.20. The standard InChI is InChI=1S/C21H28N2O5S/c1-4-27-18-6-8-19(9-7-18)29(25,26)23-13-11-17(12-14-23)21(24)22-16(3)20-10-5-15(2)28-20/h5-10,16-17H,4,11-14H2,1-3H3,(H,22,24). The molecule has 0 bridgehead atoms. The minimum Gasteiger partial charge on any atom is -0.494 e. The number of nitrogens with zero attached hydrogens (tertiary/aromatic N) is 1. The first-order chi connectivity index (χ1) is 13.8. The quantitative estimate of drug-likeness (QED) is 0.743. The van der Waals surface area contributed by atoms with Crippen molar-refractivity contribution in [1.82, 2.24) is 9.62 Å². The van der Waals surface area contributed by atoms with Crippen LogP contribution >= 0.6 is 0 Å². The molecule has 1 aliphatic heterocycles. The second-order valence-electron chi connectivity index (χ2n) is 7.26. The number of sulfonamides is 1. The first-order valence-electron chi connectivity index (χ1n) is 9.91. The van der Waals surface area contributed by atoms with Crippen LogP contribution in [0.1, 0.15) is 44.3 Å². The average Bonchev–Trinajstić information content (AvgIpc) is 3.15. The summed E-state index contributed by atoms with van der Waals surface area (Å²) in [5.74, 6) is 1.88. The first kappa shape index (κ1) is 21.4. The molecule has 7 nitrogen and oxygen atoms in total. The Morgan fingerprint density at radius 3 is 2.41 bits per heavy atom. The smallest absolute Gasteiger partial charge is 0.243 e. The maximum absolute atomic E-state index is 12.9. The monoisotopic (exact) mass is 420 g/mol. The summed E-state index contributed by atoms with van der Waals surface area (Å²) in [6, 6.07) is 9.94. The van der Waals surface area contributed by atoms with E-state index in [1.54, 1.807) is 24.3 Å². The van der Waals surface area contributed by atoms with E-state index >= 15 is 0 Å². The van der Waals surface area contributed by atoms with Crippen molar-refractivity contribution in [1.29, 1.82) is 0 Å². The van der Waals surface area contributed by atoms with Crippen molar-refractivity contribution in [3.63, 3.8) is 0 Å². The van der Waals surface area contributed by atoms with Crippen molar-refractivity contribution >= 4 is 15.9 Å². The summed E-state index contributed by atoms with van der Waals surface area (Å²) in [5.41, 5.74) is 0. The topological polar surface area (TPSA) is 88.9 Å². The van der Waals surface area contributed by atoms with Gasteiger partial charge in [0, 0.05) is 19.0 Å². The molecule has 2 heterocycles. The van der Waals surface area contributed by atoms with Gasteiger partial charge in [-0.1, -0.05) is 0 Å². The van der Waals surface area contributed by atoms with E-state index < -0.39 is 10.0 Å². The lowest BCUT2D eigenvalue weighted by atomic mass is 9.97. The highest BCUT2D eigenvalue weighted by Gasteiger charge is 2.32. The van der Waals surface area contributed by atoms with Crippen LogP contribution in [0, 0.1) is 12.8 Å². The summed E-state index contributed by atoms with van der Waals surface area (Å²) in [6.07, 6.45) is 0.984. The van der Waals surface area contributed by atoms with Crippen molar-refractivity contribution in [2.75, 3.05) is 19.7 Å². The molecule has 1 atom stereocenters.